The van der Waals surface area contributed by atoms with E-state index in [0.29, 0.717) is 41.5 Å². The van der Waals surface area contributed by atoms with Crippen molar-refractivity contribution in [3.63, 3.8) is 0 Å². The Morgan fingerprint density at radius 3 is 2.13 bits per heavy atom. The van der Waals surface area contributed by atoms with Crippen molar-refractivity contribution in [2.45, 2.75) is 12.5 Å². The number of methoxy groups -OCH3 is 1. The van der Waals surface area contributed by atoms with Crippen molar-refractivity contribution in [2.24, 2.45) is 0 Å². The Balaban J connectivity index is 2.01. The molecule has 0 N–H and O–H groups in total. The number of esters is 1. The van der Waals surface area contributed by atoms with Gasteiger partial charge < -0.3 is 9.64 Å². The van der Waals surface area contributed by atoms with Crippen molar-refractivity contribution >= 4 is 46.7 Å². The second-order valence-electron chi connectivity index (χ2n) is 6.78. The topological polar surface area (TPSA) is 66.9 Å². The van der Waals surface area contributed by atoms with Crippen LogP contribution in [0.1, 0.15) is 38.7 Å². The number of carbonyl (C=O) groups excluding carboxylic acids is 3. The minimum absolute atomic E-state index is 0.142. The van der Waals surface area contributed by atoms with Crippen molar-refractivity contribution in [1.29, 1.82) is 0 Å². The molecule has 2 aromatic rings. The number of anilines is 1. The molecule has 1 atom stereocenters. The molecule has 0 aliphatic carbocycles. The highest BCUT2D eigenvalue weighted by Gasteiger charge is 2.41. The van der Waals surface area contributed by atoms with E-state index < -0.39 is 23.8 Å². The summed E-state index contributed by atoms with van der Waals surface area (Å²) in [6.45, 7) is 1.18. The third-order valence-electron chi connectivity index (χ3n) is 5.05. The maximum atomic E-state index is 13.0. The highest BCUT2D eigenvalue weighted by Crippen LogP contribution is 2.35. The first-order chi connectivity index (χ1) is 14.5. The Kier molecular flexibility index (Phi) is 7.34. The molecule has 0 fully saturated rings. The number of fused-ring (bicyclic) bond motifs is 1. The summed E-state index contributed by atoms with van der Waals surface area (Å²) in [5, 5.41) is 0. The fourth-order valence-corrected chi connectivity index (χ4v) is 4.00. The third-order valence-corrected chi connectivity index (χ3v) is 5.39. The molecule has 3 rings (SSSR count). The number of alkyl halides is 2. The SMILES string of the molecule is COC(=O)CC(c1cccc(N(CCCl)CCCl)c1)N1C(=O)c2ccccc2C1=O. The Morgan fingerprint density at radius 1 is 1.00 bits per heavy atom. The van der Waals surface area contributed by atoms with E-state index in [4.69, 9.17) is 27.9 Å². The number of halogens is 2. The number of hydrogen-bond acceptors (Lipinski definition) is 5. The Labute approximate surface area is 185 Å². The number of carbonyl (C=O) groups is 3. The van der Waals surface area contributed by atoms with Crippen molar-refractivity contribution in [2.75, 3.05) is 36.9 Å². The van der Waals surface area contributed by atoms with E-state index in [-0.39, 0.29) is 6.42 Å². The van der Waals surface area contributed by atoms with Crippen LogP contribution in [0.3, 0.4) is 0 Å². The van der Waals surface area contributed by atoms with E-state index in [2.05, 4.69) is 0 Å². The van der Waals surface area contributed by atoms with Gasteiger partial charge in [-0.3, -0.25) is 19.3 Å². The molecule has 30 heavy (non-hydrogen) atoms. The van der Waals surface area contributed by atoms with Gasteiger partial charge in [0.2, 0.25) is 0 Å². The van der Waals surface area contributed by atoms with Crippen LogP contribution in [0.15, 0.2) is 48.5 Å². The van der Waals surface area contributed by atoms with Gasteiger partial charge in [0.1, 0.15) is 0 Å². The summed E-state index contributed by atoms with van der Waals surface area (Å²) in [7, 11) is 1.28. The number of amides is 2. The summed E-state index contributed by atoms with van der Waals surface area (Å²) in [5.41, 5.74) is 2.17. The number of rotatable bonds is 9. The second-order valence-corrected chi connectivity index (χ2v) is 7.54. The Hall–Kier alpha value is -2.57. The minimum Gasteiger partial charge on any atom is -0.469 e. The van der Waals surface area contributed by atoms with E-state index in [0.717, 1.165) is 10.6 Å². The molecule has 1 unspecified atom stereocenters. The molecule has 1 aliphatic rings. The predicted molar refractivity (Wildman–Crippen MR) is 116 cm³/mol. The number of ether oxygens (including phenoxy) is 1. The van der Waals surface area contributed by atoms with Gasteiger partial charge in [0.15, 0.2) is 0 Å². The molecule has 8 heteroatoms. The molecule has 0 aromatic heterocycles. The highest BCUT2D eigenvalue weighted by molar-refractivity contribution is 6.21. The summed E-state index contributed by atoms with van der Waals surface area (Å²) in [5.74, 6) is -0.516. The summed E-state index contributed by atoms with van der Waals surface area (Å²) in [6.07, 6.45) is -0.142. The van der Waals surface area contributed by atoms with Crippen molar-refractivity contribution in [3.05, 3.63) is 65.2 Å². The first-order valence-corrected chi connectivity index (χ1v) is 10.6. The van der Waals surface area contributed by atoms with Crippen LogP contribution in [0.25, 0.3) is 0 Å². The van der Waals surface area contributed by atoms with Crippen LogP contribution in [0.2, 0.25) is 0 Å². The first-order valence-electron chi connectivity index (χ1n) is 9.52. The van der Waals surface area contributed by atoms with Crippen LogP contribution < -0.4 is 4.90 Å². The smallest absolute Gasteiger partial charge is 0.307 e. The van der Waals surface area contributed by atoms with Crippen LogP contribution in [-0.4, -0.2) is 54.6 Å². The van der Waals surface area contributed by atoms with Gasteiger partial charge in [-0.25, -0.2) is 0 Å². The van der Waals surface area contributed by atoms with Gasteiger partial charge in [0.05, 0.1) is 30.7 Å². The monoisotopic (exact) mass is 448 g/mol. The van der Waals surface area contributed by atoms with Gasteiger partial charge in [-0.05, 0) is 29.8 Å². The summed E-state index contributed by atoms with van der Waals surface area (Å²) < 4.78 is 4.83. The van der Waals surface area contributed by atoms with Crippen LogP contribution in [0.4, 0.5) is 5.69 Å². The lowest BCUT2D eigenvalue weighted by Crippen LogP contribution is -2.36. The molecule has 0 bridgehead atoms. The second kappa shape index (κ2) is 9.96. The quantitative estimate of drug-likeness (QED) is 0.330. The van der Waals surface area contributed by atoms with Crippen molar-refractivity contribution in [1.82, 2.24) is 4.90 Å². The average molecular weight is 449 g/mol. The zero-order valence-electron chi connectivity index (χ0n) is 16.5. The number of nitrogens with zero attached hydrogens (tertiary/aromatic N) is 2. The van der Waals surface area contributed by atoms with E-state index in [1.165, 1.54) is 7.11 Å². The Morgan fingerprint density at radius 2 is 1.60 bits per heavy atom. The maximum absolute atomic E-state index is 13.0. The van der Waals surface area contributed by atoms with Crippen LogP contribution in [0, 0.1) is 0 Å². The Bertz CT molecular complexity index is 909. The molecule has 0 spiro atoms. The van der Waals surface area contributed by atoms with Crippen LogP contribution in [-0.2, 0) is 9.53 Å². The summed E-state index contributed by atoms with van der Waals surface area (Å²) in [4.78, 5) is 41.4. The number of hydrogen-bond donors (Lipinski definition) is 0. The molecule has 1 aliphatic heterocycles. The van der Waals surface area contributed by atoms with Gasteiger partial charge >= 0.3 is 5.97 Å². The van der Waals surface area contributed by atoms with Crippen molar-refractivity contribution < 1.29 is 19.1 Å². The largest absolute Gasteiger partial charge is 0.469 e. The standard InChI is InChI=1S/C22H22Cl2N2O4/c1-30-20(27)14-19(26-21(28)17-7-2-3-8-18(17)22(26)29)15-5-4-6-16(13-15)25(11-9-23)12-10-24/h2-8,13,19H,9-12,14H2,1H3. The number of imide groups is 1. The lowest BCUT2D eigenvalue weighted by Gasteiger charge is -2.28. The van der Waals surface area contributed by atoms with Gasteiger partial charge in [-0.2, -0.15) is 0 Å². The normalized spacial score (nSPS) is 13.9. The van der Waals surface area contributed by atoms with E-state index in [9.17, 15) is 14.4 Å². The predicted octanol–water partition coefficient (Wildman–Crippen LogP) is 3.87. The van der Waals surface area contributed by atoms with Gasteiger partial charge in [-0.1, -0.05) is 24.3 Å². The molecule has 0 radical (unpaired) electrons. The molecule has 1 heterocycles. The zero-order valence-corrected chi connectivity index (χ0v) is 18.0. The van der Waals surface area contributed by atoms with E-state index in [1.807, 2.05) is 23.1 Å². The minimum atomic E-state index is -0.793. The molecule has 2 aromatic carbocycles. The zero-order chi connectivity index (χ0) is 21.7. The molecule has 6 nitrogen and oxygen atoms in total. The van der Waals surface area contributed by atoms with Crippen LogP contribution in [0.5, 0.6) is 0 Å². The lowest BCUT2D eigenvalue weighted by atomic mass is 10.0. The maximum Gasteiger partial charge on any atom is 0.307 e. The van der Waals surface area contributed by atoms with E-state index in [1.54, 1.807) is 30.3 Å². The first kappa shape index (κ1) is 22.1. The summed E-state index contributed by atoms with van der Waals surface area (Å²) in [6, 6.07) is 13.2. The van der Waals surface area contributed by atoms with Crippen LogP contribution >= 0.6 is 23.2 Å². The molecule has 0 saturated heterocycles. The molecular formula is C22H22Cl2N2O4. The molecule has 2 amide bonds. The van der Waals surface area contributed by atoms with Gasteiger partial charge in [0.25, 0.3) is 11.8 Å². The molecule has 158 valence electrons. The fraction of sp³-hybridized carbons (Fsp3) is 0.318. The molecular weight excluding hydrogens is 427 g/mol. The molecule has 0 saturated carbocycles. The third kappa shape index (κ3) is 4.45. The number of benzene rings is 2. The van der Waals surface area contributed by atoms with Gasteiger partial charge in [0, 0.05) is 30.5 Å². The fourth-order valence-electron chi connectivity index (χ4n) is 3.59. The lowest BCUT2D eigenvalue weighted by molar-refractivity contribution is -0.141. The average Bonchev–Trinajstić information content (AvgIpc) is 3.02. The van der Waals surface area contributed by atoms with Crippen molar-refractivity contribution in [3.8, 4) is 0 Å². The van der Waals surface area contributed by atoms with E-state index >= 15 is 0 Å². The highest BCUT2D eigenvalue weighted by atomic mass is 35.5. The van der Waals surface area contributed by atoms with Gasteiger partial charge in [-0.15, -0.1) is 23.2 Å². The summed E-state index contributed by atoms with van der Waals surface area (Å²) >= 11 is 11.8.